The van der Waals surface area contributed by atoms with Crippen LogP contribution in [0.25, 0.3) is 0 Å². The normalized spacial score (nSPS) is 24.9. The summed E-state index contributed by atoms with van der Waals surface area (Å²) in [6, 6.07) is 1.35. The van der Waals surface area contributed by atoms with Gasteiger partial charge in [-0.2, -0.15) is 0 Å². The summed E-state index contributed by atoms with van der Waals surface area (Å²) in [6.07, 6.45) is 4.93. The van der Waals surface area contributed by atoms with Crippen LogP contribution in [-0.2, 0) is 0 Å². The minimum atomic E-state index is 0.255. The van der Waals surface area contributed by atoms with Gasteiger partial charge in [0.25, 0.3) is 0 Å². The van der Waals surface area contributed by atoms with Crippen molar-refractivity contribution >= 4 is 0 Å². The van der Waals surface area contributed by atoms with Crippen LogP contribution in [0.2, 0.25) is 0 Å². The molecule has 0 radical (unpaired) electrons. The van der Waals surface area contributed by atoms with Crippen molar-refractivity contribution in [1.29, 1.82) is 0 Å². The van der Waals surface area contributed by atoms with Crippen molar-refractivity contribution < 1.29 is 0 Å². The van der Waals surface area contributed by atoms with Gasteiger partial charge in [-0.25, -0.2) is 0 Å². The Hall–Kier alpha value is -0.0800. The molecular weight excluding hydrogens is 196 g/mol. The molecule has 1 heterocycles. The molecule has 0 spiro atoms. The van der Waals surface area contributed by atoms with Gasteiger partial charge in [0.1, 0.15) is 0 Å². The average molecular weight is 226 g/mol. The fraction of sp³-hybridized carbons (Fsp3) is 1.00. The van der Waals surface area contributed by atoms with Crippen LogP contribution in [0.1, 0.15) is 67.2 Å². The summed E-state index contributed by atoms with van der Waals surface area (Å²) in [4.78, 5) is 0. The van der Waals surface area contributed by atoms with Crippen molar-refractivity contribution in [3.63, 3.8) is 0 Å². The van der Waals surface area contributed by atoms with Crippen LogP contribution in [0.3, 0.4) is 0 Å². The summed E-state index contributed by atoms with van der Waals surface area (Å²) in [7, 11) is 0. The van der Waals surface area contributed by atoms with Crippen LogP contribution in [0.15, 0.2) is 0 Å². The first-order valence-corrected chi connectivity index (χ1v) is 6.83. The average Bonchev–Trinajstić information content (AvgIpc) is 2.09. The van der Waals surface area contributed by atoms with Crippen molar-refractivity contribution in [3.8, 4) is 0 Å². The smallest absolute Gasteiger partial charge is 0.0144 e. The van der Waals surface area contributed by atoms with E-state index in [1.54, 1.807) is 0 Å². The van der Waals surface area contributed by atoms with Gasteiger partial charge >= 0.3 is 0 Å². The number of hydrogen-bond acceptors (Lipinski definition) is 2. The summed E-state index contributed by atoms with van der Waals surface area (Å²) in [5.41, 5.74) is 0.511. The molecule has 1 fully saturated rings. The zero-order valence-electron chi connectivity index (χ0n) is 12.0. The first kappa shape index (κ1) is 14.0. The fourth-order valence-corrected chi connectivity index (χ4v) is 3.30. The van der Waals surface area contributed by atoms with Crippen molar-refractivity contribution in [1.82, 2.24) is 10.6 Å². The number of rotatable bonds is 4. The molecule has 96 valence electrons. The van der Waals surface area contributed by atoms with Gasteiger partial charge in [-0.3, -0.25) is 0 Å². The largest absolute Gasteiger partial charge is 0.311 e. The van der Waals surface area contributed by atoms with Crippen LogP contribution in [0, 0.1) is 0 Å². The molecule has 1 aliphatic heterocycles. The Labute approximate surface area is 102 Å². The Bertz CT molecular complexity index is 201. The van der Waals surface area contributed by atoms with Gasteiger partial charge in [0, 0.05) is 23.2 Å². The highest BCUT2D eigenvalue weighted by atomic mass is 15.1. The molecule has 0 aromatic carbocycles. The van der Waals surface area contributed by atoms with Gasteiger partial charge < -0.3 is 10.6 Å². The Morgan fingerprint density at radius 3 is 1.88 bits per heavy atom. The second kappa shape index (κ2) is 5.05. The van der Waals surface area contributed by atoms with Gasteiger partial charge in [-0.1, -0.05) is 13.8 Å². The molecule has 0 amide bonds. The number of hydrogen-bond donors (Lipinski definition) is 2. The third-order valence-corrected chi connectivity index (χ3v) is 3.65. The first-order chi connectivity index (χ1) is 7.28. The van der Waals surface area contributed by atoms with E-state index in [9.17, 15) is 0 Å². The minimum absolute atomic E-state index is 0.255. The Kier molecular flexibility index (Phi) is 4.42. The highest BCUT2D eigenvalue weighted by Crippen LogP contribution is 2.28. The summed E-state index contributed by atoms with van der Waals surface area (Å²) in [5, 5.41) is 7.56. The maximum absolute atomic E-state index is 3.83. The lowest BCUT2D eigenvalue weighted by Gasteiger charge is -2.47. The third-order valence-electron chi connectivity index (χ3n) is 3.65. The van der Waals surface area contributed by atoms with Crippen LogP contribution < -0.4 is 10.6 Å². The topological polar surface area (TPSA) is 24.1 Å². The van der Waals surface area contributed by atoms with Gasteiger partial charge in [-0.05, 0) is 53.4 Å². The number of piperidine rings is 1. The predicted molar refractivity (Wildman–Crippen MR) is 71.8 cm³/mol. The predicted octanol–water partition coefficient (Wildman–Crippen LogP) is 3.07. The lowest BCUT2D eigenvalue weighted by molar-refractivity contribution is 0.138. The van der Waals surface area contributed by atoms with Gasteiger partial charge in [0.05, 0.1) is 0 Å². The Morgan fingerprint density at radius 2 is 1.50 bits per heavy atom. The molecular formula is C14H30N2. The highest BCUT2D eigenvalue weighted by molar-refractivity contribution is 5.00. The molecule has 2 heteroatoms. The van der Waals surface area contributed by atoms with E-state index in [1.807, 2.05) is 0 Å². The van der Waals surface area contributed by atoms with E-state index >= 15 is 0 Å². The molecule has 2 N–H and O–H groups in total. The standard InChI is InChI=1S/C14H30N2/c1-7-11(8-2)15-12-9-13(3,4)16-14(5,6)10-12/h11-12,15-16H,7-10H2,1-6H3. The van der Waals surface area contributed by atoms with Crippen molar-refractivity contribution in [2.24, 2.45) is 0 Å². The molecule has 0 aromatic heterocycles. The molecule has 0 saturated carbocycles. The van der Waals surface area contributed by atoms with Crippen molar-refractivity contribution in [3.05, 3.63) is 0 Å². The monoisotopic (exact) mass is 226 g/mol. The van der Waals surface area contributed by atoms with E-state index in [-0.39, 0.29) is 11.1 Å². The van der Waals surface area contributed by atoms with Crippen LogP contribution >= 0.6 is 0 Å². The lowest BCUT2D eigenvalue weighted by atomic mass is 9.79. The molecule has 0 aliphatic carbocycles. The lowest BCUT2D eigenvalue weighted by Crippen LogP contribution is -2.62. The SMILES string of the molecule is CCC(CC)NC1CC(C)(C)NC(C)(C)C1. The second-order valence-electron chi connectivity index (χ2n) is 6.68. The zero-order valence-corrected chi connectivity index (χ0v) is 12.0. The van der Waals surface area contributed by atoms with Gasteiger partial charge in [0.2, 0.25) is 0 Å². The zero-order chi connectivity index (χ0) is 12.4. The fourth-order valence-electron chi connectivity index (χ4n) is 3.30. The number of nitrogens with one attached hydrogen (secondary N) is 2. The second-order valence-corrected chi connectivity index (χ2v) is 6.68. The molecule has 16 heavy (non-hydrogen) atoms. The molecule has 0 unspecified atom stereocenters. The quantitative estimate of drug-likeness (QED) is 0.770. The van der Waals surface area contributed by atoms with Gasteiger partial charge in [-0.15, -0.1) is 0 Å². The Morgan fingerprint density at radius 1 is 1.06 bits per heavy atom. The molecule has 1 saturated heterocycles. The molecule has 1 rings (SSSR count). The molecule has 2 nitrogen and oxygen atoms in total. The highest BCUT2D eigenvalue weighted by Gasteiger charge is 2.37. The van der Waals surface area contributed by atoms with Crippen LogP contribution in [0.4, 0.5) is 0 Å². The Balaban J connectivity index is 2.60. The summed E-state index contributed by atoms with van der Waals surface area (Å²) in [6.45, 7) is 13.8. The minimum Gasteiger partial charge on any atom is -0.311 e. The molecule has 1 aliphatic rings. The maximum atomic E-state index is 3.83. The van der Waals surface area contributed by atoms with E-state index in [0.717, 1.165) is 0 Å². The maximum Gasteiger partial charge on any atom is 0.0144 e. The molecule has 0 aromatic rings. The van der Waals surface area contributed by atoms with Crippen molar-refractivity contribution in [2.45, 2.75) is 90.4 Å². The summed E-state index contributed by atoms with van der Waals surface area (Å²) in [5.74, 6) is 0. The third kappa shape index (κ3) is 4.06. The van der Waals surface area contributed by atoms with E-state index in [2.05, 4.69) is 52.2 Å². The van der Waals surface area contributed by atoms with Crippen molar-refractivity contribution in [2.75, 3.05) is 0 Å². The van der Waals surface area contributed by atoms with Crippen LogP contribution in [0.5, 0.6) is 0 Å². The van der Waals surface area contributed by atoms with Gasteiger partial charge in [0.15, 0.2) is 0 Å². The van der Waals surface area contributed by atoms with Crippen LogP contribution in [-0.4, -0.2) is 23.2 Å². The summed E-state index contributed by atoms with van der Waals surface area (Å²) < 4.78 is 0. The molecule has 0 bridgehead atoms. The first-order valence-electron chi connectivity index (χ1n) is 6.83. The van der Waals surface area contributed by atoms with E-state index in [1.165, 1.54) is 25.7 Å². The summed E-state index contributed by atoms with van der Waals surface area (Å²) >= 11 is 0. The van der Waals surface area contributed by atoms with E-state index in [0.29, 0.717) is 12.1 Å². The molecule has 0 atom stereocenters. The van der Waals surface area contributed by atoms with E-state index in [4.69, 9.17) is 0 Å². The van der Waals surface area contributed by atoms with E-state index < -0.39 is 0 Å².